The van der Waals surface area contributed by atoms with Crippen LogP contribution >= 0.6 is 0 Å². The second-order valence-corrected chi connectivity index (χ2v) is 4.54. The van der Waals surface area contributed by atoms with Gasteiger partial charge in [-0.3, -0.25) is 9.78 Å². The highest BCUT2D eigenvalue weighted by atomic mass is 16.5. The number of ether oxygens (including phenoxy) is 1. The summed E-state index contributed by atoms with van der Waals surface area (Å²) < 4.78 is 6.87. The molecule has 21 heavy (non-hydrogen) atoms. The summed E-state index contributed by atoms with van der Waals surface area (Å²) in [6.45, 7) is 2.46. The maximum absolute atomic E-state index is 11.7. The van der Waals surface area contributed by atoms with Gasteiger partial charge in [0.1, 0.15) is 0 Å². The second-order valence-electron chi connectivity index (χ2n) is 4.54. The smallest absolute Gasteiger partial charge is 0.339 e. The SMILES string of the molecule is Cc1c(O)c(=O)ccn1CCCOC(=O)c1cccnc1. The Morgan fingerprint density at radius 3 is 2.95 bits per heavy atom. The number of hydrogen-bond acceptors (Lipinski definition) is 5. The molecule has 0 radical (unpaired) electrons. The van der Waals surface area contributed by atoms with Crippen molar-refractivity contribution < 1.29 is 14.6 Å². The van der Waals surface area contributed by atoms with Crippen LogP contribution in [-0.2, 0) is 11.3 Å². The van der Waals surface area contributed by atoms with Crippen LogP contribution in [-0.4, -0.2) is 27.2 Å². The number of carbonyl (C=O) groups is 1. The van der Waals surface area contributed by atoms with E-state index in [1.54, 1.807) is 36.0 Å². The van der Waals surface area contributed by atoms with Crippen LogP contribution in [0.1, 0.15) is 22.5 Å². The molecule has 1 N–H and O–H groups in total. The molecule has 0 aliphatic rings. The second kappa shape index (κ2) is 6.69. The number of aryl methyl sites for hydroxylation is 1. The first-order chi connectivity index (χ1) is 10.1. The Kier molecular flexibility index (Phi) is 4.71. The molecule has 2 aromatic rings. The summed E-state index contributed by atoms with van der Waals surface area (Å²) in [5.41, 5.74) is 0.516. The minimum Gasteiger partial charge on any atom is -0.503 e. The van der Waals surface area contributed by atoms with Gasteiger partial charge in [0.25, 0.3) is 0 Å². The summed E-state index contributed by atoms with van der Waals surface area (Å²) in [5.74, 6) is -0.660. The lowest BCUT2D eigenvalue weighted by molar-refractivity contribution is 0.0495. The Bertz CT molecular complexity index is 680. The average molecular weight is 288 g/mol. The zero-order chi connectivity index (χ0) is 15.2. The molecular formula is C15H16N2O4. The molecule has 0 saturated carbocycles. The molecule has 0 aromatic carbocycles. The third kappa shape index (κ3) is 3.68. The molecular weight excluding hydrogens is 272 g/mol. The molecule has 0 saturated heterocycles. The minimum absolute atomic E-state index is 0.246. The minimum atomic E-state index is -0.414. The lowest BCUT2D eigenvalue weighted by atomic mass is 10.3. The van der Waals surface area contributed by atoms with Crippen molar-refractivity contribution >= 4 is 5.97 Å². The zero-order valence-corrected chi connectivity index (χ0v) is 11.7. The highest BCUT2D eigenvalue weighted by Gasteiger charge is 2.07. The topological polar surface area (TPSA) is 81.4 Å². The van der Waals surface area contributed by atoms with Crippen LogP contribution in [0.5, 0.6) is 5.75 Å². The largest absolute Gasteiger partial charge is 0.503 e. The van der Waals surface area contributed by atoms with Gasteiger partial charge in [0.05, 0.1) is 17.9 Å². The van der Waals surface area contributed by atoms with Gasteiger partial charge in [0.2, 0.25) is 5.43 Å². The molecule has 0 unspecified atom stereocenters. The monoisotopic (exact) mass is 288 g/mol. The van der Waals surface area contributed by atoms with Crippen LogP contribution < -0.4 is 5.43 Å². The maximum atomic E-state index is 11.7. The number of pyridine rings is 2. The maximum Gasteiger partial charge on any atom is 0.339 e. The molecule has 0 aliphatic heterocycles. The summed E-state index contributed by atoms with van der Waals surface area (Å²) in [4.78, 5) is 26.7. The van der Waals surface area contributed by atoms with E-state index in [-0.39, 0.29) is 12.4 Å². The summed E-state index contributed by atoms with van der Waals surface area (Å²) in [7, 11) is 0. The fourth-order valence-corrected chi connectivity index (χ4v) is 1.87. The van der Waals surface area contributed by atoms with Gasteiger partial charge in [0.15, 0.2) is 5.75 Å². The van der Waals surface area contributed by atoms with Crippen molar-refractivity contribution in [3.8, 4) is 5.75 Å². The number of aromatic nitrogens is 2. The van der Waals surface area contributed by atoms with E-state index in [9.17, 15) is 14.7 Å². The lowest BCUT2D eigenvalue weighted by Gasteiger charge is -2.11. The van der Waals surface area contributed by atoms with Crippen LogP contribution in [0.15, 0.2) is 41.6 Å². The van der Waals surface area contributed by atoms with Gasteiger partial charge < -0.3 is 14.4 Å². The Hall–Kier alpha value is -2.63. The lowest BCUT2D eigenvalue weighted by Crippen LogP contribution is -2.13. The molecule has 0 atom stereocenters. The molecule has 0 fully saturated rings. The fourth-order valence-electron chi connectivity index (χ4n) is 1.87. The molecule has 2 aromatic heterocycles. The number of rotatable bonds is 5. The zero-order valence-electron chi connectivity index (χ0n) is 11.7. The average Bonchev–Trinajstić information content (AvgIpc) is 2.51. The Labute approximate surface area is 121 Å². The van der Waals surface area contributed by atoms with E-state index >= 15 is 0 Å². The highest BCUT2D eigenvalue weighted by molar-refractivity contribution is 5.88. The van der Waals surface area contributed by atoms with E-state index in [0.717, 1.165) is 0 Å². The summed E-state index contributed by atoms with van der Waals surface area (Å²) in [6.07, 6.45) is 5.23. The Balaban J connectivity index is 1.84. The van der Waals surface area contributed by atoms with Crippen LogP contribution in [0.4, 0.5) is 0 Å². The van der Waals surface area contributed by atoms with Crippen molar-refractivity contribution in [3.63, 3.8) is 0 Å². The van der Waals surface area contributed by atoms with Gasteiger partial charge in [-0.05, 0) is 25.5 Å². The van der Waals surface area contributed by atoms with Crippen molar-refractivity contribution in [1.82, 2.24) is 9.55 Å². The predicted octanol–water partition coefficient (Wildman–Crippen LogP) is 1.50. The number of esters is 1. The van der Waals surface area contributed by atoms with E-state index in [1.807, 2.05) is 0 Å². The number of carbonyl (C=O) groups excluding carboxylic acids is 1. The van der Waals surface area contributed by atoms with Crippen LogP contribution in [0, 0.1) is 6.92 Å². The third-order valence-electron chi connectivity index (χ3n) is 3.09. The molecule has 0 amide bonds. The van der Waals surface area contributed by atoms with Gasteiger partial charge in [0, 0.05) is 31.2 Å². The third-order valence-corrected chi connectivity index (χ3v) is 3.09. The van der Waals surface area contributed by atoms with Gasteiger partial charge in [-0.2, -0.15) is 0 Å². The van der Waals surface area contributed by atoms with E-state index in [2.05, 4.69) is 4.98 Å². The molecule has 0 spiro atoms. The van der Waals surface area contributed by atoms with Crippen LogP contribution in [0.3, 0.4) is 0 Å². The first-order valence-electron chi connectivity index (χ1n) is 6.56. The van der Waals surface area contributed by atoms with Crippen molar-refractivity contribution in [2.24, 2.45) is 0 Å². The molecule has 0 bridgehead atoms. The predicted molar refractivity (Wildman–Crippen MR) is 76.2 cm³/mol. The first kappa shape index (κ1) is 14.8. The van der Waals surface area contributed by atoms with E-state index in [4.69, 9.17) is 4.74 Å². The van der Waals surface area contributed by atoms with Gasteiger partial charge in [-0.15, -0.1) is 0 Å². The molecule has 6 heteroatoms. The Morgan fingerprint density at radius 1 is 1.43 bits per heavy atom. The fraction of sp³-hybridized carbons (Fsp3) is 0.267. The standard InChI is InChI=1S/C15H16N2O4/c1-11-14(19)13(18)5-8-17(11)7-3-9-21-15(20)12-4-2-6-16-10-12/h2,4-6,8,10,19H,3,7,9H2,1H3. The van der Waals surface area contributed by atoms with E-state index in [0.29, 0.717) is 24.2 Å². The van der Waals surface area contributed by atoms with Crippen molar-refractivity contribution in [1.29, 1.82) is 0 Å². The number of nitrogens with zero attached hydrogens (tertiary/aromatic N) is 2. The summed E-state index contributed by atoms with van der Waals surface area (Å²) >= 11 is 0. The van der Waals surface area contributed by atoms with Gasteiger partial charge >= 0.3 is 5.97 Å². The summed E-state index contributed by atoms with van der Waals surface area (Å²) in [5, 5.41) is 9.55. The Morgan fingerprint density at radius 2 is 2.24 bits per heavy atom. The normalized spacial score (nSPS) is 10.3. The number of aromatic hydroxyl groups is 1. The highest BCUT2D eigenvalue weighted by Crippen LogP contribution is 2.09. The molecule has 110 valence electrons. The van der Waals surface area contributed by atoms with Crippen molar-refractivity contribution in [3.05, 3.63) is 58.3 Å². The van der Waals surface area contributed by atoms with Crippen LogP contribution in [0.25, 0.3) is 0 Å². The van der Waals surface area contributed by atoms with E-state index < -0.39 is 11.4 Å². The van der Waals surface area contributed by atoms with Gasteiger partial charge in [-0.1, -0.05) is 0 Å². The van der Waals surface area contributed by atoms with Gasteiger partial charge in [-0.25, -0.2) is 4.79 Å². The molecule has 6 nitrogen and oxygen atoms in total. The summed E-state index contributed by atoms with van der Waals surface area (Å²) in [6, 6.07) is 4.62. The van der Waals surface area contributed by atoms with Crippen molar-refractivity contribution in [2.45, 2.75) is 19.9 Å². The quantitative estimate of drug-likeness (QED) is 0.666. The van der Waals surface area contributed by atoms with Crippen molar-refractivity contribution in [2.75, 3.05) is 6.61 Å². The molecule has 2 rings (SSSR count). The number of hydrogen-bond donors (Lipinski definition) is 1. The molecule has 2 heterocycles. The van der Waals surface area contributed by atoms with Crippen LogP contribution in [0.2, 0.25) is 0 Å². The molecule has 0 aliphatic carbocycles. The first-order valence-corrected chi connectivity index (χ1v) is 6.56. The van der Waals surface area contributed by atoms with E-state index in [1.165, 1.54) is 12.3 Å².